The predicted molar refractivity (Wildman–Crippen MR) is 129 cm³/mol. The van der Waals surface area contributed by atoms with Crippen molar-refractivity contribution in [2.24, 2.45) is 0 Å². The van der Waals surface area contributed by atoms with Gasteiger partial charge in [0.2, 0.25) is 0 Å². The molecule has 0 bridgehead atoms. The number of carbonyl (C=O) groups is 2. The Hall–Kier alpha value is -3.73. The van der Waals surface area contributed by atoms with E-state index in [1.54, 1.807) is 45.0 Å². The van der Waals surface area contributed by atoms with Crippen LogP contribution in [-0.4, -0.2) is 17.5 Å². The molecule has 0 aromatic heterocycles. The number of ether oxygens (including phenoxy) is 1. The van der Waals surface area contributed by atoms with Gasteiger partial charge in [0, 0.05) is 28.9 Å². The van der Waals surface area contributed by atoms with E-state index in [0.717, 1.165) is 5.56 Å². The Morgan fingerprint density at radius 1 is 1.17 bits per heavy atom. The number of ketones is 1. The molecule has 184 valence electrons. The normalized spacial score (nSPS) is 14.6. The van der Waals surface area contributed by atoms with Gasteiger partial charge in [0.1, 0.15) is 5.60 Å². The molecule has 1 amide bonds. The number of Topliss-reactive ketones (excluding diaryl/α,β-unsaturated/α-hetero) is 1. The van der Waals surface area contributed by atoms with Crippen molar-refractivity contribution in [2.75, 3.05) is 5.32 Å². The average molecular weight is 482 g/mol. The molecule has 8 heteroatoms. The van der Waals surface area contributed by atoms with Gasteiger partial charge < -0.3 is 15.4 Å². The van der Waals surface area contributed by atoms with Gasteiger partial charge in [-0.05, 0) is 69.0 Å². The number of nitrogens with one attached hydrogen (secondary N) is 2. The summed E-state index contributed by atoms with van der Waals surface area (Å²) in [5.74, 6) is -0.162. The summed E-state index contributed by atoms with van der Waals surface area (Å²) in [4.78, 5) is 25.9. The summed E-state index contributed by atoms with van der Waals surface area (Å²) in [7, 11) is 0. The number of hydrogen-bond donors (Lipinski definition) is 2. The van der Waals surface area contributed by atoms with E-state index in [0.29, 0.717) is 40.9 Å². The van der Waals surface area contributed by atoms with Gasteiger partial charge in [0.05, 0.1) is 17.7 Å². The molecule has 1 aliphatic carbocycles. The molecule has 1 atom stereocenters. The van der Waals surface area contributed by atoms with Crippen LogP contribution >= 0.6 is 0 Å². The Labute approximate surface area is 204 Å². The Kier molecular flexibility index (Phi) is 7.90. The number of allylic oxidation sites excluding steroid dienone is 1. The van der Waals surface area contributed by atoms with Crippen molar-refractivity contribution in [3.8, 4) is 6.07 Å². The maximum Gasteiger partial charge on any atom is 0.408 e. The zero-order valence-corrected chi connectivity index (χ0v) is 20.2. The molecule has 0 radical (unpaired) electrons. The molecule has 1 unspecified atom stereocenters. The lowest BCUT2D eigenvalue weighted by Crippen LogP contribution is -2.37. The van der Waals surface area contributed by atoms with Crippen LogP contribution in [0.15, 0.2) is 53.7 Å². The van der Waals surface area contributed by atoms with Gasteiger partial charge in [0.25, 0.3) is 6.43 Å². The largest absolute Gasteiger partial charge is 0.444 e. The summed E-state index contributed by atoms with van der Waals surface area (Å²) in [6.07, 6.45) is -2.16. The van der Waals surface area contributed by atoms with E-state index in [9.17, 15) is 23.6 Å². The molecule has 0 heterocycles. The summed E-state index contributed by atoms with van der Waals surface area (Å²) in [5.41, 5.74) is 2.38. The minimum atomic E-state index is -2.62. The number of aryl methyl sites for hydroxylation is 1. The van der Waals surface area contributed by atoms with Crippen LogP contribution in [0.2, 0.25) is 0 Å². The van der Waals surface area contributed by atoms with Crippen molar-refractivity contribution >= 4 is 17.6 Å². The molecule has 2 aromatic rings. The average Bonchev–Trinajstić information content (AvgIpc) is 3.15. The van der Waals surface area contributed by atoms with Crippen molar-refractivity contribution < 1.29 is 23.1 Å². The maximum atomic E-state index is 13.2. The Morgan fingerprint density at radius 2 is 1.91 bits per heavy atom. The smallest absolute Gasteiger partial charge is 0.408 e. The van der Waals surface area contributed by atoms with E-state index in [2.05, 4.69) is 16.7 Å². The Balaban J connectivity index is 2.09. The number of halogens is 2. The van der Waals surface area contributed by atoms with Crippen molar-refractivity contribution in [1.82, 2.24) is 5.32 Å². The minimum absolute atomic E-state index is 0.134. The van der Waals surface area contributed by atoms with Crippen molar-refractivity contribution in [2.45, 2.75) is 65.0 Å². The fourth-order valence-electron chi connectivity index (χ4n) is 4.06. The third-order valence-corrected chi connectivity index (χ3v) is 5.58. The molecule has 6 nitrogen and oxygen atoms in total. The highest BCUT2D eigenvalue weighted by atomic mass is 19.3. The van der Waals surface area contributed by atoms with Crippen LogP contribution < -0.4 is 10.6 Å². The predicted octanol–water partition coefficient (Wildman–Crippen LogP) is 6.35. The number of hydrogen-bond acceptors (Lipinski definition) is 5. The zero-order valence-electron chi connectivity index (χ0n) is 20.2. The molecule has 0 aliphatic heterocycles. The van der Waals surface area contributed by atoms with Crippen LogP contribution in [0.3, 0.4) is 0 Å². The van der Waals surface area contributed by atoms with E-state index < -0.39 is 24.2 Å². The summed E-state index contributed by atoms with van der Waals surface area (Å²) >= 11 is 0. The second-order valence-electron chi connectivity index (χ2n) is 9.32. The summed E-state index contributed by atoms with van der Waals surface area (Å²) in [6.45, 7) is 7.14. The first kappa shape index (κ1) is 25.9. The summed E-state index contributed by atoms with van der Waals surface area (Å²) < 4.78 is 31.8. The second kappa shape index (κ2) is 10.7. The van der Waals surface area contributed by atoms with Crippen LogP contribution in [0, 0.1) is 11.3 Å². The maximum absolute atomic E-state index is 13.2. The van der Waals surface area contributed by atoms with Crippen molar-refractivity contribution in [3.05, 3.63) is 76.0 Å². The summed E-state index contributed by atoms with van der Waals surface area (Å²) in [5, 5.41) is 15.3. The van der Waals surface area contributed by atoms with Crippen LogP contribution in [0.5, 0.6) is 0 Å². The standard InChI is InChI=1S/C27H29F2N3O3/c1-5-17-13-16(15-30)9-10-20(17)24(32-26(34)35-27(2,3)4)23-21(11-12-22(23)33)31-19-8-6-7-18(14-19)25(28)29/h6-10,13-14,24-25,31H,5,11-12H2,1-4H3,(H,32,34). The molecule has 3 rings (SSSR count). The number of amides is 1. The van der Waals surface area contributed by atoms with Crippen LogP contribution in [0.4, 0.5) is 19.3 Å². The highest BCUT2D eigenvalue weighted by Crippen LogP contribution is 2.36. The van der Waals surface area contributed by atoms with E-state index >= 15 is 0 Å². The lowest BCUT2D eigenvalue weighted by Gasteiger charge is -2.26. The zero-order chi connectivity index (χ0) is 25.8. The third-order valence-electron chi connectivity index (χ3n) is 5.58. The molecule has 0 fully saturated rings. The molecule has 0 saturated heterocycles. The molecule has 2 N–H and O–H groups in total. The second-order valence-corrected chi connectivity index (χ2v) is 9.32. The van der Waals surface area contributed by atoms with Gasteiger partial charge in [0.15, 0.2) is 5.78 Å². The first-order valence-corrected chi connectivity index (χ1v) is 11.5. The quantitative estimate of drug-likeness (QED) is 0.481. The van der Waals surface area contributed by atoms with Gasteiger partial charge in [-0.15, -0.1) is 0 Å². The monoisotopic (exact) mass is 481 g/mol. The summed E-state index contributed by atoms with van der Waals surface area (Å²) in [6, 6.07) is 12.2. The Bertz CT molecular complexity index is 1190. The lowest BCUT2D eigenvalue weighted by molar-refractivity contribution is -0.115. The highest BCUT2D eigenvalue weighted by Gasteiger charge is 2.34. The SMILES string of the molecule is CCc1cc(C#N)ccc1C(NC(=O)OC(C)(C)C)C1=C(Nc2cccc(C(F)F)c2)CCC1=O. The first-order chi connectivity index (χ1) is 16.5. The number of carbonyl (C=O) groups excluding carboxylic acids is 2. The minimum Gasteiger partial charge on any atom is -0.444 e. The molecule has 35 heavy (non-hydrogen) atoms. The van der Waals surface area contributed by atoms with Gasteiger partial charge in [-0.2, -0.15) is 5.26 Å². The molecule has 1 aliphatic rings. The van der Waals surface area contributed by atoms with Crippen molar-refractivity contribution in [3.63, 3.8) is 0 Å². The number of nitriles is 1. The number of anilines is 1. The van der Waals surface area contributed by atoms with E-state index in [-0.39, 0.29) is 17.8 Å². The van der Waals surface area contributed by atoms with Crippen LogP contribution in [-0.2, 0) is 16.0 Å². The number of rotatable bonds is 7. The van der Waals surface area contributed by atoms with Gasteiger partial charge in [-0.3, -0.25) is 4.79 Å². The molecule has 0 spiro atoms. The van der Waals surface area contributed by atoms with Gasteiger partial charge in [-0.1, -0.05) is 25.1 Å². The molecular weight excluding hydrogens is 452 g/mol. The Morgan fingerprint density at radius 3 is 2.54 bits per heavy atom. The fraction of sp³-hybridized carbons (Fsp3) is 0.370. The highest BCUT2D eigenvalue weighted by molar-refractivity contribution is 6.01. The topological polar surface area (TPSA) is 91.2 Å². The number of alkyl carbamates (subject to hydrolysis) is 1. The number of alkyl halides is 2. The molecular formula is C27H29F2N3O3. The number of benzene rings is 2. The third kappa shape index (κ3) is 6.44. The van der Waals surface area contributed by atoms with Gasteiger partial charge in [-0.25, -0.2) is 13.6 Å². The number of nitrogens with zero attached hydrogens (tertiary/aromatic N) is 1. The van der Waals surface area contributed by atoms with E-state index in [1.165, 1.54) is 18.2 Å². The van der Waals surface area contributed by atoms with Crippen LogP contribution in [0.1, 0.15) is 75.3 Å². The lowest BCUT2D eigenvalue weighted by atomic mass is 9.90. The first-order valence-electron chi connectivity index (χ1n) is 11.5. The van der Waals surface area contributed by atoms with Crippen LogP contribution in [0.25, 0.3) is 0 Å². The van der Waals surface area contributed by atoms with Crippen molar-refractivity contribution in [1.29, 1.82) is 5.26 Å². The fourth-order valence-corrected chi connectivity index (χ4v) is 4.06. The van der Waals surface area contributed by atoms with Gasteiger partial charge >= 0.3 is 6.09 Å². The van der Waals surface area contributed by atoms with E-state index in [4.69, 9.17) is 4.74 Å². The molecule has 0 saturated carbocycles. The molecule has 2 aromatic carbocycles. The van der Waals surface area contributed by atoms with E-state index in [1.807, 2.05) is 6.92 Å².